The fraction of sp³-hybridized carbons (Fsp3) is 0.300. The van der Waals surface area contributed by atoms with Crippen molar-refractivity contribution in [1.29, 1.82) is 0 Å². The lowest BCUT2D eigenvalue weighted by atomic mass is 10.0. The summed E-state index contributed by atoms with van der Waals surface area (Å²) in [5, 5.41) is 12.4. The summed E-state index contributed by atoms with van der Waals surface area (Å²) in [6, 6.07) is 13.9. The highest BCUT2D eigenvalue weighted by Crippen LogP contribution is 2.16. The number of benzene rings is 2. The van der Waals surface area contributed by atoms with Crippen molar-refractivity contribution in [3.63, 3.8) is 0 Å². The molecule has 2 aromatic carbocycles. The fourth-order valence-electron chi connectivity index (χ4n) is 3.02. The van der Waals surface area contributed by atoms with Crippen molar-refractivity contribution < 1.29 is 14.7 Å². The molecule has 0 unspecified atom stereocenters. The van der Waals surface area contributed by atoms with Crippen LogP contribution in [-0.4, -0.2) is 41.0 Å². The van der Waals surface area contributed by atoms with E-state index >= 15 is 0 Å². The summed E-state index contributed by atoms with van der Waals surface area (Å²) in [5.74, 6) is -0.0804. The molecule has 2 N–H and O–H groups in total. The maximum atomic E-state index is 12.5. The van der Waals surface area contributed by atoms with E-state index in [1.165, 1.54) is 12.1 Å². The number of amides is 2. The number of hydrogen-bond acceptors (Lipinski definition) is 3. The lowest BCUT2D eigenvalue weighted by molar-refractivity contribution is 0.0698. The van der Waals surface area contributed by atoms with E-state index in [2.05, 4.69) is 5.32 Å². The molecule has 5 nitrogen and oxygen atoms in total. The van der Waals surface area contributed by atoms with Crippen molar-refractivity contribution in [1.82, 2.24) is 10.2 Å². The summed E-state index contributed by atoms with van der Waals surface area (Å²) in [4.78, 5) is 26.6. The Balaban J connectivity index is 1.54. The van der Waals surface area contributed by atoms with Crippen molar-refractivity contribution >= 4 is 11.8 Å². The second kappa shape index (κ2) is 7.38. The summed E-state index contributed by atoms with van der Waals surface area (Å²) in [5.41, 5.74) is 2.27. The number of phenolic OH excluding ortho intramolecular Hbond substituents is 1. The average molecular weight is 338 g/mol. The molecule has 1 aliphatic heterocycles. The Hall–Kier alpha value is -2.82. The molecule has 0 bridgehead atoms. The van der Waals surface area contributed by atoms with Crippen LogP contribution in [0.3, 0.4) is 0 Å². The second-order valence-electron chi connectivity index (χ2n) is 6.46. The summed E-state index contributed by atoms with van der Waals surface area (Å²) in [6.45, 7) is 3.24. The average Bonchev–Trinajstić information content (AvgIpc) is 2.62. The molecule has 2 amide bonds. The van der Waals surface area contributed by atoms with E-state index in [4.69, 9.17) is 0 Å². The maximum absolute atomic E-state index is 12.5. The molecular formula is C20H22N2O3. The van der Waals surface area contributed by atoms with E-state index in [-0.39, 0.29) is 23.6 Å². The third-order valence-electron chi connectivity index (χ3n) is 4.52. The Morgan fingerprint density at radius 2 is 1.72 bits per heavy atom. The summed E-state index contributed by atoms with van der Waals surface area (Å²) in [7, 11) is 0. The van der Waals surface area contributed by atoms with Gasteiger partial charge in [0.05, 0.1) is 0 Å². The number of nitrogens with one attached hydrogen (secondary N) is 1. The number of aromatic hydroxyl groups is 1. The molecule has 1 aliphatic rings. The lowest BCUT2D eigenvalue weighted by Crippen LogP contribution is -2.46. The summed E-state index contributed by atoms with van der Waals surface area (Å²) < 4.78 is 0. The standard InChI is InChI=1S/C20H22N2O3/c1-14-5-7-15(8-6-14)20(25)22-11-9-17(10-12-22)21-19(24)16-3-2-4-18(23)13-16/h2-8,13,17,23H,9-12H2,1H3,(H,21,24). The number of carbonyl (C=O) groups excluding carboxylic acids is 2. The minimum atomic E-state index is -0.195. The van der Waals surface area contributed by atoms with Crippen molar-refractivity contribution in [3.8, 4) is 5.75 Å². The van der Waals surface area contributed by atoms with E-state index < -0.39 is 0 Å². The predicted molar refractivity (Wildman–Crippen MR) is 95.7 cm³/mol. The van der Waals surface area contributed by atoms with E-state index in [1.807, 2.05) is 36.1 Å². The minimum Gasteiger partial charge on any atom is -0.508 e. The molecule has 5 heteroatoms. The van der Waals surface area contributed by atoms with Gasteiger partial charge in [-0.25, -0.2) is 0 Å². The van der Waals surface area contributed by atoms with Crippen LogP contribution in [0.1, 0.15) is 39.1 Å². The van der Waals surface area contributed by atoms with E-state index in [1.54, 1.807) is 12.1 Å². The zero-order chi connectivity index (χ0) is 17.8. The topological polar surface area (TPSA) is 69.6 Å². The van der Waals surface area contributed by atoms with Gasteiger partial charge >= 0.3 is 0 Å². The van der Waals surface area contributed by atoms with Crippen LogP contribution < -0.4 is 5.32 Å². The van der Waals surface area contributed by atoms with E-state index in [0.717, 1.165) is 18.4 Å². The number of rotatable bonds is 3. The van der Waals surface area contributed by atoms with E-state index in [9.17, 15) is 14.7 Å². The quantitative estimate of drug-likeness (QED) is 0.904. The molecule has 0 saturated carbocycles. The fourth-order valence-corrected chi connectivity index (χ4v) is 3.02. The van der Waals surface area contributed by atoms with E-state index in [0.29, 0.717) is 24.2 Å². The summed E-state index contributed by atoms with van der Waals surface area (Å²) >= 11 is 0. The number of carbonyl (C=O) groups is 2. The number of piperidine rings is 1. The molecule has 0 aromatic heterocycles. The number of hydrogen-bond donors (Lipinski definition) is 2. The van der Waals surface area contributed by atoms with Gasteiger partial charge in [0.1, 0.15) is 5.75 Å². The molecule has 1 saturated heterocycles. The van der Waals surface area contributed by atoms with Crippen LogP contribution in [0.4, 0.5) is 0 Å². The van der Waals surface area contributed by atoms with Crippen molar-refractivity contribution in [2.45, 2.75) is 25.8 Å². The maximum Gasteiger partial charge on any atom is 0.253 e. The first-order valence-electron chi connectivity index (χ1n) is 8.49. The van der Waals surface area contributed by atoms with Gasteiger partial charge in [-0.15, -0.1) is 0 Å². The number of phenols is 1. The monoisotopic (exact) mass is 338 g/mol. The molecular weight excluding hydrogens is 316 g/mol. The number of nitrogens with zero attached hydrogens (tertiary/aromatic N) is 1. The zero-order valence-corrected chi connectivity index (χ0v) is 14.2. The second-order valence-corrected chi connectivity index (χ2v) is 6.46. The largest absolute Gasteiger partial charge is 0.508 e. The van der Waals surface area contributed by atoms with Crippen LogP contribution in [0, 0.1) is 6.92 Å². The lowest BCUT2D eigenvalue weighted by Gasteiger charge is -2.32. The van der Waals surface area contributed by atoms with Crippen LogP contribution in [0.2, 0.25) is 0 Å². The van der Waals surface area contributed by atoms with Gasteiger partial charge in [0.15, 0.2) is 0 Å². The Bertz CT molecular complexity index is 763. The third kappa shape index (κ3) is 4.18. The molecule has 130 valence electrons. The van der Waals surface area contributed by atoms with Crippen molar-refractivity contribution in [2.24, 2.45) is 0 Å². The molecule has 1 heterocycles. The van der Waals surface area contributed by atoms with Gasteiger partial charge in [-0.2, -0.15) is 0 Å². The normalized spacial score (nSPS) is 15.0. The van der Waals surface area contributed by atoms with Gasteiger partial charge in [-0.1, -0.05) is 23.8 Å². The predicted octanol–water partition coefficient (Wildman–Crippen LogP) is 2.74. The highest BCUT2D eigenvalue weighted by molar-refractivity contribution is 5.95. The summed E-state index contributed by atoms with van der Waals surface area (Å²) in [6.07, 6.45) is 1.45. The van der Waals surface area contributed by atoms with Crippen molar-refractivity contribution in [3.05, 3.63) is 65.2 Å². The van der Waals surface area contributed by atoms with Gasteiger partial charge in [0.25, 0.3) is 11.8 Å². The molecule has 25 heavy (non-hydrogen) atoms. The Labute approximate surface area is 147 Å². The third-order valence-corrected chi connectivity index (χ3v) is 4.52. The first-order chi connectivity index (χ1) is 12.0. The molecule has 1 fully saturated rings. The highest BCUT2D eigenvalue weighted by Gasteiger charge is 2.24. The van der Waals surface area contributed by atoms with Crippen LogP contribution in [0.25, 0.3) is 0 Å². The highest BCUT2D eigenvalue weighted by atomic mass is 16.3. The Morgan fingerprint density at radius 1 is 1.04 bits per heavy atom. The first kappa shape index (κ1) is 17.0. The minimum absolute atomic E-state index is 0.0388. The van der Waals surface area contributed by atoms with Crippen LogP contribution in [0.5, 0.6) is 5.75 Å². The smallest absolute Gasteiger partial charge is 0.253 e. The van der Waals surface area contributed by atoms with Gasteiger partial charge in [0.2, 0.25) is 0 Å². The van der Waals surface area contributed by atoms with Gasteiger partial charge in [0, 0.05) is 30.3 Å². The number of likely N-dealkylation sites (tertiary alicyclic amines) is 1. The molecule has 0 atom stereocenters. The van der Waals surface area contributed by atoms with Crippen molar-refractivity contribution in [2.75, 3.05) is 13.1 Å². The first-order valence-corrected chi connectivity index (χ1v) is 8.49. The zero-order valence-electron chi connectivity index (χ0n) is 14.2. The molecule has 0 radical (unpaired) electrons. The van der Waals surface area contributed by atoms with Crippen LogP contribution >= 0.6 is 0 Å². The molecule has 0 spiro atoms. The van der Waals surface area contributed by atoms with Gasteiger partial charge in [-0.05, 0) is 50.1 Å². The molecule has 0 aliphatic carbocycles. The van der Waals surface area contributed by atoms with Gasteiger partial charge < -0.3 is 15.3 Å². The van der Waals surface area contributed by atoms with Gasteiger partial charge in [-0.3, -0.25) is 9.59 Å². The molecule has 2 aromatic rings. The molecule has 3 rings (SSSR count). The van der Waals surface area contributed by atoms with Crippen LogP contribution in [0.15, 0.2) is 48.5 Å². The Kier molecular flexibility index (Phi) is 5.03. The van der Waals surface area contributed by atoms with Crippen LogP contribution in [-0.2, 0) is 0 Å². The number of aryl methyl sites for hydroxylation is 1. The Morgan fingerprint density at radius 3 is 2.36 bits per heavy atom. The SMILES string of the molecule is Cc1ccc(C(=O)N2CCC(NC(=O)c3cccc(O)c3)CC2)cc1.